The minimum Gasteiger partial charge on any atom is -0.477 e. The van der Waals surface area contributed by atoms with E-state index < -0.39 is 5.97 Å². The molecule has 1 aromatic heterocycles. The molecule has 0 spiro atoms. The topological polar surface area (TPSA) is 73.3 Å². The van der Waals surface area contributed by atoms with Crippen molar-refractivity contribution in [2.75, 3.05) is 49.2 Å². The molecule has 0 radical (unpaired) electrons. The standard InChI is InChI=1S/C32H36FN3O4S/c33-25-13-7-12-24(30(25)35-14-16-40-17-15-35)19-34-20-27(22-8-3-1-4-9-22)36(29(37)21-34)26-18-28(41-31(26)32(38)39)23-10-5-2-6-11-23/h2,5-7,10-13,18,22,27H,1,3-4,8-9,14-17,19-21H2,(H,38,39). The molecule has 1 unspecified atom stereocenters. The molecule has 9 heteroatoms. The Labute approximate surface area is 244 Å². The van der Waals surface area contributed by atoms with Crippen LogP contribution in [0.4, 0.5) is 15.8 Å². The minimum absolute atomic E-state index is 0.101. The van der Waals surface area contributed by atoms with Gasteiger partial charge in [0.05, 0.1) is 37.2 Å². The van der Waals surface area contributed by atoms with Crippen LogP contribution in [0.25, 0.3) is 10.4 Å². The van der Waals surface area contributed by atoms with Crippen LogP contribution in [0, 0.1) is 11.7 Å². The smallest absolute Gasteiger partial charge is 0.348 e. The number of carboxylic acid groups (broad SMARTS) is 1. The van der Waals surface area contributed by atoms with Crippen molar-refractivity contribution < 1.29 is 23.8 Å². The van der Waals surface area contributed by atoms with Crippen molar-refractivity contribution in [2.24, 2.45) is 5.92 Å². The van der Waals surface area contributed by atoms with Gasteiger partial charge in [-0.15, -0.1) is 11.3 Å². The SMILES string of the molecule is O=C(O)c1sc(-c2ccccc2)cc1N1C(=O)CN(Cc2cccc(F)c2N2CCOCC2)CC1C1CCCCC1. The lowest BCUT2D eigenvalue weighted by Gasteiger charge is -2.45. The number of piperazine rings is 1. The van der Waals surface area contributed by atoms with Crippen molar-refractivity contribution in [3.05, 3.63) is 70.9 Å². The number of hydrogen-bond donors (Lipinski definition) is 1. The first kappa shape index (κ1) is 27.9. The normalized spacial score (nSPS) is 20.9. The fourth-order valence-corrected chi connectivity index (χ4v) is 7.70. The van der Waals surface area contributed by atoms with E-state index in [4.69, 9.17) is 4.74 Å². The van der Waals surface area contributed by atoms with Crippen molar-refractivity contribution in [1.82, 2.24) is 4.90 Å². The molecule has 2 saturated heterocycles. The summed E-state index contributed by atoms with van der Waals surface area (Å²) >= 11 is 1.22. The average molecular weight is 578 g/mol. The zero-order valence-electron chi connectivity index (χ0n) is 23.1. The molecule has 41 heavy (non-hydrogen) atoms. The Morgan fingerprint density at radius 2 is 1.78 bits per heavy atom. The number of carboxylic acids is 1. The first-order valence-electron chi connectivity index (χ1n) is 14.6. The fourth-order valence-electron chi connectivity index (χ4n) is 6.70. The van der Waals surface area contributed by atoms with Crippen molar-refractivity contribution in [1.29, 1.82) is 0 Å². The molecule has 3 aliphatic rings. The molecule has 0 bridgehead atoms. The first-order chi connectivity index (χ1) is 20.0. The number of aromatic carboxylic acids is 1. The van der Waals surface area contributed by atoms with Gasteiger partial charge < -0.3 is 19.6 Å². The molecule has 3 fully saturated rings. The molecule has 1 saturated carbocycles. The summed E-state index contributed by atoms with van der Waals surface area (Å²) in [6.07, 6.45) is 5.43. The number of carbonyl (C=O) groups is 2. The summed E-state index contributed by atoms with van der Waals surface area (Å²) in [6, 6.07) is 16.6. The van der Waals surface area contributed by atoms with E-state index in [2.05, 4.69) is 4.90 Å². The Bertz CT molecular complexity index is 1380. The van der Waals surface area contributed by atoms with Crippen LogP contribution in [0.2, 0.25) is 0 Å². The molecule has 6 rings (SSSR count). The van der Waals surface area contributed by atoms with Gasteiger partial charge in [-0.2, -0.15) is 0 Å². The van der Waals surface area contributed by atoms with E-state index in [-0.39, 0.29) is 35.1 Å². The molecule has 1 N–H and O–H groups in total. The van der Waals surface area contributed by atoms with Crippen molar-refractivity contribution in [3.8, 4) is 10.4 Å². The van der Waals surface area contributed by atoms with Gasteiger partial charge in [-0.05, 0) is 42.0 Å². The van der Waals surface area contributed by atoms with E-state index >= 15 is 4.39 Å². The largest absolute Gasteiger partial charge is 0.477 e. The van der Waals surface area contributed by atoms with Crippen LogP contribution in [-0.4, -0.2) is 67.3 Å². The lowest BCUT2D eigenvalue weighted by atomic mass is 9.82. The second-order valence-electron chi connectivity index (χ2n) is 11.2. The molecule has 2 aliphatic heterocycles. The molecule has 1 atom stereocenters. The molecule has 1 aliphatic carbocycles. The predicted octanol–water partition coefficient (Wildman–Crippen LogP) is 5.89. The third-order valence-corrected chi connectivity index (χ3v) is 9.78. The van der Waals surface area contributed by atoms with E-state index in [1.54, 1.807) is 11.0 Å². The van der Waals surface area contributed by atoms with Crippen molar-refractivity contribution in [2.45, 2.75) is 44.7 Å². The summed E-state index contributed by atoms with van der Waals surface area (Å²) in [5.41, 5.74) is 2.90. The summed E-state index contributed by atoms with van der Waals surface area (Å²) < 4.78 is 20.6. The maximum absolute atomic E-state index is 15.1. The monoisotopic (exact) mass is 577 g/mol. The van der Waals surface area contributed by atoms with Crippen LogP contribution in [0.15, 0.2) is 54.6 Å². The van der Waals surface area contributed by atoms with E-state index in [0.717, 1.165) is 41.7 Å². The van der Waals surface area contributed by atoms with Gasteiger partial charge in [-0.25, -0.2) is 9.18 Å². The molecule has 216 valence electrons. The van der Waals surface area contributed by atoms with Gasteiger partial charge in [0.15, 0.2) is 0 Å². The number of hydrogen-bond acceptors (Lipinski definition) is 6. The third-order valence-electron chi connectivity index (χ3n) is 8.61. The second-order valence-corrected chi connectivity index (χ2v) is 12.3. The van der Waals surface area contributed by atoms with Gasteiger partial charge in [0.2, 0.25) is 5.91 Å². The highest BCUT2D eigenvalue weighted by atomic mass is 32.1. The highest BCUT2D eigenvalue weighted by Crippen LogP contribution is 2.41. The van der Waals surface area contributed by atoms with E-state index in [1.807, 2.05) is 47.4 Å². The Morgan fingerprint density at radius 1 is 1.02 bits per heavy atom. The molecule has 7 nitrogen and oxygen atoms in total. The Kier molecular flexibility index (Phi) is 8.37. The summed E-state index contributed by atoms with van der Waals surface area (Å²) in [6.45, 7) is 3.61. The third kappa shape index (κ3) is 5.89. The number of carbonyl (C=O) groups excluding carboxylic acids is 1. The number of ether oxygens (including phenoxy) is 1. The lowest BCUT2D eigenvalue weighted by Crippen LogP contribution is -2.59. The maximum atomic E-state index is 15.1. The van der Waals surface area contributed by atoms with Crippen LogP contribution in [0.3, 0.4) is 0 Å². The van der Waals surface area contributed by atoms with Crippen molar-refractivity contribution in [3.63, 3.8) is 0 Å². The highest BCUT2D eigenvalue weighted by Gasteiger charge is 2.41. The lowest BCUT2D eigenvalue weighted by molar-refractivity contribution is -0.123. The number of thiophene rings is 1. The molecule has 3 heterocycles. The van der Waals surface area contributed by atoms with Gasteiger partial charge in [0, 0.05) is 31.1 Å². The maximum Gasteiger partial charge on any atom is 0.348 e. The number of rotatable bonds is 7. The molecular formula is C32H36FN3O4S. The number of morpholine rings is 1. The minimum atomic E-state index is -1.01. The number of anilines is 2. The summed E-state index contributed by atoms with van der Waals surface area (Å²) in [4.78, 5) is 33.5. The zero-order valence-corrected chi connectivity index (χ0v) is 24.0. The van der Waals surface area contributed by atoms with Crippen LogP contribution >= 0.6 is 11.3 Å². The van der Waals surface area contributed by atoms with Gasteiger partial charge in [-0.1, -0.05) is 61.7 Å². The van der Waals surface area contributed by atoms with Crippen LogP contribution in [0.1, 0.15) is 47.3 Å². The van der Waals surface area contributed by atoms with Crippen LogP contribution in [0.5, 0.6) is 0 Å². The number of amides is 1. The van der Waals surface area contributed by atoms with Gasteiger partial charge in [-0.3, -0.25) is 9.69 Å². The van der Waals surface area contributed by atoms with Crippen LogP contribution in [-0.2, 0) is 16.1 Å². The second kappa shape index (κ2) is 12.3. The summed E-state index contributed by atoms with van der Waals surface area (Å²) in [5, 5.41) is 10.2. The predicted molar refractivity (Wildman–Crippen MR) is 159 cm³/mol. The highest BCUT2D eigenvalue weighted by molar-refractivity contribution is 7.18. The van der Waals surface area contributed by atoms with E-state index in [1.165, 1.54) is 23.8 Å². The first-order valence-corrected chi connectivity index (χ1v) is 15.4. The van der Waals surface area contributed by atoms with E-state index in [0.29, 0.717) is 50.8 Å². The number of para-hydroxylation sites is 1. The van der Waals surface area contributed by atoms with Gasteiger partial charge >= 0.3 is 5.97 Å². The zero-order chi connectivity index (χ0) is 28.3. The Morgan fingerprint density at radius 3 is 2.51 bits per heavy atom. The molecule has 1 amide bonds. The summed E-state index contributed by atoms with van der Waals surface area (Å²) in [7, 11) is 0. The van der Waals surface area contributed by atoms with Gasteiger partial charge in [0.1, 0.15) is 10.7 Å². The number of nitrogens with zero attached hydrogens (tertiary/aromatic N) is 3. The fraction of sp³-hybridized carbons (Fsp3) is 0.438. The van der Waals surface area contributed by atoms with Crippen molar-refractivity contribution >= 4 is 34.6 Å². The Balaban J connectivity index is 1.33. The van der Waals surface area contributed by atoms with E-state index in [9.17, 15) is 14.7 Å². The van der Waals surface area contributed by atoms with Crippen LogP contribution < -0.4 is 9.80 Å². The quantitative estimate of drug-likeness (QED) is 0.378. The van der Waals surface area contributed by atoms with Gasteiger partial charge in [0.25, 0.3) is 0 Å². The number of benzene rings is 2. The summed E-state index contributed by atoms with van der Waals surface area (Å²) in [5.74, 6) is -1.09. The molecule has 2 aromatic carbocycles. The average Bonchev–Trinajstić information content (AvgIpc) is 3.44. The molecular weight excluding hydrogens is 541 g/mol. The number of halogens is 1. The Hall–Kier alpha value is -3.27. The molecule has 3 aromatic rings.